The van der Waals surface area contributed by atoms with Crippen molar-refractivity contribution >= 4 is 27.5 Å². The van der Waals surface area contributed by atoms with Crippen molar-refractivity contribution in [3.8, 4) is 0 Å². The molecule has 0 aliphatic carbocycles. The quantitative estimate of drug-likeness (QED) is 0.578. The zero-order chi connectivity index (χ0) is 19.8. The molecule has 0 radical (unpaired) electrons. The molecule has 2 aromatic rings. The van der Waals surface area contributed by atoms with Crippen LogP contribution in [0.2, 0.25) is 0 Å². The molecule has 0 N–H and O–H groups in total. The molecule has 2 aromatic carbocycles. The Kier molecular flexibility index (Phi) is 5.01. The van der Waals surface area contributed by atoms with Crippen LogP contribution in [0.5, 0.6) is 0 Å². The summed E-state index contributed by atoms with van der Waals surface area (Å²) in [6, 6.07) is 9.79. The summed E-state index contributed by atoms with van der Waals surface area (Å²) in [7, 11) is -3.41. The molecule has 0 fully saturated rings. The van der Waals surface area contributed by atoms with Crippen molar-refractivity contribution in [1.82, 2.24) is 0 Å². The fourth-order valence-corrected chi connectivity index (χ4v) is 4.46. The maximum absolute atomic E-state index is 13.6. The van der Waals surface area contributed by atoms with Crippen LogP contribution in [0.3, 0.4) is 0 Å². The van der Waals surface area contributed by atoms with Gasteiger partial charge in [0.25, 0.3) is 0 Å². The number of sulfonamides is 1. The standard InChI is InChI=1S/C19H18FNO5S/c1-12-9-14-10-13(7-8-17(14)21(12)27(2,24)25)18(22)11-26-19(23)15-5-3-4-6-16(15)20/h3-8,10,12H,9,11H2,1-2H3/t12-/m1/s1. The number of ketones is 1. The topological polar surface area (TPSA) is 80.8 Å². The van der Waals surface area contributed by atoms with Gasteiger partial charge in [-0.2, -0.15) is 0 Å². The lowest BCUT2D eigenvalue weighted by Crippen LogP contribution is -2.34. The molecule has 0 bridgehead atoms. The van der Waals surface area contributed by atoms with E-state index < -0.39 is 34.2 Å². The Hall–Kier alpha value is -2.74. The van der Waals surface area contributed by atoms with Crippen LogP contribution < -0.4 is 4.31 Å². The van der Waals surface area contributed by atoms with Gasteiger partial charge < -0.3 is 4.74 Å². The second-order valence-electron chi connectivity index (χ2n) is 6.43. The van der Waals surface area contributed by atoms with Crippen molar-refractivity contribution in [1.29, 1.82) is 0 Å². The highest BCUT2D eigenvalue weighted by atomic mass is 32.2. The Labute approximate surface area is 156 Å². The lowest BCUT2D eigenvalue weighted by Gasteiger charge is -2.21. The van der Waals surface area contributed by atoms with Crippen LogP contribution in [-0.2, 0) is 21.2 Å². The van der Waals surface area contributed by atoms with Crippen molar-refractivity contribution in [2.45, 2.75) is 19.4 Å². The third-order valence-corrected chi connectivity index (χ3v) is 5.61. The number of anilines is 1. The van der Waals surface area contributed by atoms with Crippen LogP contribution >= 0.6 is 0 Å². The number of hydrogen-bond acceptors (Lipinski definition) is 5. The molecular formula is C19H18FNO5S. The predicted molar refractivity (Wildman–Crippen MR) is 97.9 cm³/mol. The smallest absolute Gasteiger partial charge is 0.341 e. The first-order valence-electron chi connectivity index (χ1n) is 8.25. The van der Waals surface area contributed by atoms with Crippen LogP contribution in [0.1, 0.15) is 33.2 Å². The van der Waals surface area contributed by atoms with E-state index in [1.165, 1.54) is 28.6 Å². The zero-order valence-electron chi connectivity index (χ0n) is 14.8. The molecule has 142 valence electrons. The van der Waals surface area contributed by atoms with Crippen LogP contribution in [0, 0.1) is 5.82 Å². The Morgan fingerprint density at radius 2 is 1.93 bits per heavy atom. The SMILES string of the molecule is C[C@@H]1Cc2cc(C(=O)COC(=O)c3ccccc3F)ccc2N1S(C)(=O)=O. The summed E-state index contributed by atoms with van der Waals surface area (Å²) in [6.45, 7) is 1.26. The van der Waals surface area contributed by atoms with Gasteiger partial charge in [-0.05, 0) is 49.2 Å². The Balaban J connectivity index is 1.73. The summed E-state index contributed by atoms with van der Waals surface area (Å²) in [6.07, 6.45) is 1.62. The molecule has 0 saturated carbocycles. The van der Waals surface area contributed by atoms with E-state index >= 15 is 0 Å². The highest BCUT2D eigenvalue weighted by Gasteiger charge is 2.32. The number of Topliss-reactive ketones (excluding diaryl/α,β-unsaturated/α-hetero) is 1. The molecule has 0 amide bonds. The fraction of sp³-hybridized carbons (Fsp3) is 0.263. The third kappa shape index (κ3) is 3.85. The summed E-state index contributed by atoms with van der Waals surface area (Å²) in [4.78, 5) is 24.2. The minimum absolute atomic E-state index is 0.237. The molecule has 1 heterocycles. The number of rotatable bonds is 5. The van der Waals surface area contributed by atoms with E-state index in [0.717, 1.165) is 17.9 Å². The molecule has 0 unspecified atom stereocenters. The number of fused-ring (bicyclic) bond motifs is 1. The van der Waals surface area contributed by atoms with Gasteiger partial charge in [0, 0.05) is 11.6 Å². The monoisotopic (exact) mass is 391 g/mol. The van der Waals surface area contributed by atoms with Crippen LogP contribution in [0.15, 0.2) is 42.5 Å². The number of benzene rings is 2. The maximum Gasteiger partial charge on any atom is 0.341 e. The van der Waals surface area contributed by atoms with Crippen molar-refractivity contribution in [2.75, 3.05) is 17.2 Å². The van der Waals surface area contributed by atoms with E-state index in [9.17, 15) is 22.4 Å². The summed E-state index contributed by atoms with van der Waals surface area (Å²) in [5.41, 5.74) is 1.35. The van der Waals surface area contributed by atoms with Gasteiger partial charge in [0.1, 0.15) is 5.82 Å². The van der Waals surface area contributed by atoms with Gasteiger partial charge in [0.2, 0.25) is 10.0 Å². The molecular weight excluding hydrogens is 373 g/mol. The van der Waals surface area contributed by atoms with Gasteiger partial charge in [-0.3, -0.25) is 9.10 Å². The number of ether oxygens (including phenoxy) is 1. The third-order valence-electron chi connectivity index (χ3n) is 4.34. The van der Waals surface area contributed by atoms with Crippen molar-refractivity contribution in [3.63, 3.8) is 0 Å². The van der Waals surface area contributed by atoms with E-state index in [0.29, 0.717) is 17.7 Å². The number of nitrogens with zero attached hydrogens (tertiary/aromatic N) is 1. The average Bonchev–Trinajstić information content (AvgIpc) is 2.94. The minimum Gasteiger partial charge on any atom is -0.454 e. The average molecular weight is 391 g/mol. The Morgan fingerprint density at radius 1 is 1.22 bits per heavy atom. The van der Waals surface area contributed by atoms with E-state index in [4.69, 9.17) is 4.74 Å². The van der Waals surface area contributed by atoms with E-state index in [1.54, 1.807) is 19.1 Å². The molecule has 0 spiro atoms. The maximum atomic E-state index is 13.6. The van der Waals surface area contributed by atoms with Gasteiger partial charge in [0.15, 0.2) is 12.4 Å². The highest BCUT2D eigenvalue weighted by Crippen LogP contribution is 2.34. The molecule has 8 heteroatoms. The number of esters is 1. The number of hydrogen-bond donors (Lipinski definition) is 0. The van der Waals surface area contributed by atoms with Crippen LogP contribution in [0.4, 0.5) is 10.1 Å². The molecule has 1 atom stereocenters. The second kappa shape index (κ2) is 7.11. The minimum atomic E-state index is -3.41. The van der Waals surface area contributed by atoms with E-state index in [-0.39, 0.29) is 11.6 Å². The van der Waals surface area contributed by atoms with Gasteiger partial charge in [0.05, 0.1) is 17.5 Å². The van der Waals surface area contributed by atoms with E-state index in [2.05, 4.69) is 0 Å². The lowest BCUT2D eigenvalue weighted by atomic mass is 10.0. The molecule has 1 aliphatic heterocycles. The summed E-state index contributed by atoms with van der Waals surface area (Å²) < 4.78 is 43.7. The first-order chi connectivity index (χ1) is 12.7. The molecule has 3 rings (SSSR count). The Bertz CT molecular complexity index is 1020. The fourth-order valence-electron chi connectivity index (χ4n) is 3.20. The lowest BCUT2D eigenvalue weighted by molar-refractivity contribution is 0.0470. The second-order valence-corrected chi connectivity index (χ2v) is 8.29. The van der Waals surface area contributed by atoms with Crippen LogP contribution in [-0.4, -0.2) is 39.1 Å². The van der Waals surface area contributed by atoms with Crippen molar-refractivity contribution in [3.05, 3.63) is 65.0 Å². The summed E-state index contributed by atoms with van der Waals surface area (Å²) in [5, 5.41) is 0. The van der Waals surface area contributed by atoms with Crippen LogP contribution in [0.25, 0.3) is 0 Å². The number of carbonyl (C=O) groups excluding carboxylic acids is 2. The van der Waals surface area contributed by atoms with Gasteiger partial charge in [-0.15, -0.1) is 0 Å². The Morgan fingerprint density at radius 3 is 2.59 bits per heavy atom. The first kappa shape index (κ1) is 19.0. The van der Waals surface area contributed by atoms with Crippen molar-refractivity contribution in [2.24, 2.45) is 0 Å². The predicted octanol–water partition coefficient (Wildman–Crippen LogP) is 2.58. The number of halogens is 1. The summed E-state index contributed by atoms with van der Waals surface area (Å²) >= 11 is 0. The molecule has 1 aliphatic rings. The molecule has 6 nitrogen and oxygen atoms in total. The normalized spacial score (nSPS) is 16.1. The van der Waals surface area contributed by atoms with Gasteiger partial charge in [-0.25, -0.2) is 17.6 Å². The molecule has 0 aromatic heterocycles. The largest absolute Gasteiger partial charge is 0.454 e. The summed E-state index contributed by atoms with van der Waals surface area (Å²) in [5.74, 6) is -2.09. The van der Waals surface area contributed by atoms with Gasteiger partial charge in [-0.1, -0.05) is 12.1 Å². The van der Waals surface area contributed by atoms with Gasteiger partial charge >= 0.3 is 5.97 Å². The van der Waals surface area contributed by atoms with Crippen molar-refractivity contribution < 1.29 is 27.1 Å². The number of carbonyl (C=O) groups is 2. The first-order valence-corrected chi connectivity index (χ1v) is 10.1. The zero-order valence-corrected chi connectivity index (χ0v) is 15.6. The highest BCUT2D eigenvalue weighted by molar-refractivity contribution is 7.92. The molecule has 27 heavy (non-hydrogen) atoms. The van der Waals surface area contributed by atoms with E-state index in [1.807, 2.05) is 0 Å². The molecule has 0 saturated heterocycles.